The van der Waals surface area contributed by atoms with Crippen LogP contribution in [0.25, 0.3) is 6.08 Å². The molecule has 0 aromatic heterocycles. The number of benzene rings is 4. The second-order valence-corrected chi connectivity index (χ2v) is 10.1. The van der Waals surface area contributed by atoms with E-state index in [2.05, 4.69) is 16.0 Å². The Kier molecular flexibility index (Phi) is 9.93. The first-order chi connectivity index (χ1) is 19.8. The second kappa shape index (κ2) is 14.0. The zero-order valence-corrected chi connectivity index (χ0v) is 23.0. The van der Waals surface area contributed by atoms with Gasteiger partial charge in [0, 0.05) is 26.9 Å². The Morgan fingerprint density at radius 2 is 1.41 bits per heavy atom. The number of nitrogens with one attached hydrogen (secondary N) is 3. The van der Waals surface area contributed by atoms with Gasteiger partial charge in [-0.2, -0.15) is 0 Å². The zero-order valence-electron chi connectivity index (χ0n) is 21.5. The number of carboxylic acid groups (broad SMARTS) is 1. The molecule has 0 aliphatic rings. The summed E-state index contributed by atoms with van der Waals surface area (Å²) in [5.74, 6) is -2.37. The molecule has 0 heterocycles. The van der Waals surface area contributed by atoms with Crippen LogP contribution in [0.3, 0.4) is 0 Å². The molecule has 0 bridgehead atoms. The third kappa shape index (κ3) is 8.56. The summed E-state index contributed by atoms with van der Waals surface area (Å²) in [6, 6.07) is 28.3. The lowest BCUT2D eigenvalue weighted by Gasteiger charge is -2.12. The lowest BCUT2D eigenvalue weighted by molar-refractivity contribution is -0.114. The predicted octanol–water partition coefficient (Wildman–Crippen LogP) is 6.18. The number of carbonyl (C=O) groups excluding carboxylic acids is 3. The molecule has 4 N–H and O–H groups in total. The predicted molar refractivity (Wildman–Crippen MR) is 161 cm³/mol. The van der Waals surface area contributed by atoms with Gasteiger partial charge in [0.25, 0.3) is 11.8 Å². The highest BCUT2D eigenvalue weighted by Gasteiger charge is 2.16. The van der Waals surface area contributed by atoms with Gasteiger partial charge in [-0.15, -0.1) is 11.8 Å². The zero-order chi connectivity index (χ0) is 29.2. The van der Waals surface area contributed by atoms with Crippen molar-refractivity contribution in [2.24, 2.45) is 0 Å². The van der Waals surface area contributed by atoms with Gasteiger partial charge in [-0.3, -0.25) is 14.4 Å². The number of hydrogen-bond acceptors (Lipinski definition) is 5. The van der Waals surface area contributed by atoms with Crippen LogP contribution in [0.4, 0.5) is 11.4 Å². The number of hydrogen-bond donors (Lipinski definition) is 4. The van der Waals surface area contributed by atoms with Crippen LogP contribution in [-0.4, -0.2) is 34.6 Å². The maximum absolute atomic E-state index is 13.3. The van der Waals surface area contributed by atoms with Gasteiger partial charge < -0.3 is 21.1 Å². The molecule has 0 spiro atoms. The Morgan fingerprint density at radius 3 is 2.15 bits per heavy atom. The summed E-state index contributed by atoms with van der Waals surface area (Å²) < 4.78 is 0. The minimum Gasteiger partial charge on any atom is -0.478 e. The standard InChI is InChI=1S/C31H24ClN3O5S/c32-26-15-5-4-10-21(26)17-27(35-29(37)20-8-2-1-3-9-20)30(38)34-24-13-7-14-25(18-24)41-19-28(36)33-23-12-6-11-22(16-23)31(39)40/h1-18H,19H2,(H,33,36)(H,34,38)(H,35,37)(H,39,40)/b27-17+. The highest BCUT2D eigenvalue weighted by Crippen LogP contribution is 2.23. The second-order valence-electron chi connectivity index (χ2n) is 8.60. The molecule has 0 unspecified atom stereocenters. The number of halogens is 1. The topological polar surface area (TPSA) is 125 Å². The smallest absolute Gasteiger partial charge is 0.335 e. The molecule has 4 aromatic rings. The summed E-state index contributed by atoms with van der Waals surface area (Å²) in [5.41, 5.74) is 1.84. The number of rotatable bonds is 10. The first-order valence-electron chi connectivity index (χ1n) is 12.3. The van der Waals surface area contributed by atoms with Crippen LogP contribution in [0.2, 0.25) is 5.02 Å². The van der Waals surface area contributed by atoms with Crippen molar-refractivity contribution >= 4 is 64.5 Å². The van der Waals surface area contributed by atoms with Crippen molar-refractivity contribution in [3.63, 3.8) is 0 Å². The van der Waals surface area contributed by atoms with Crippen LogP contribution in [0.1, 0.15) is 26.3 Å². The minimum absolute atomic E-state index is 0.00650. The molecule has 0 saturated carbocycles. The van der Waals surface area contributed by atoms with Crippen molar-refractivity contribution in [1.82, 2.24) is 5.32 Å². The quantitative estimate of drug-likeness (QED) is 0.130. The molecule has 0 radical (unpaired) electrons. The molecule has 0 fully saturated rings. The first kappa shape index (κ1) is 29.1. The van der Waals surface area contributed by atoms with Crippen LogP contribution >= 0.6 is 23.4 Å². The van der Waals surface area contributed by atoms with E-state index >= 15 is 0 Å². The average molecular weight is 586 g/mol. The lowest BCUT2D eigenvalue weighted by atomic mass is 10.1. The minimum atomic E-state index is -1.08. The fraction of sp³-hybridized carbons (Fsp3) is 0.0323. The van der Waals surface area contributed by atoms with Crippen LogP contribution < -0.4 is 16.0 Å². The molecular formula is C31H24ClN3O5S. The van der Waals surface area contributed by atoms with E-state index in [4.69, 9.17) is 16.7 Å². The van der Waals surface area contributed by atoms with Crippen molar-refractivity contribution in [1.29, 1.82) is 0 Å². The van der Waals surface area contributed by atoms with E-state index in [0.717, 1.165) is 0 Å². The highest BCUT2D eigenvalue weighted by molar-refractivity contribution is 8.00. The molecule has 41 heavy (non-hydrogen) atoms. The largest absolute Gasteiger partial charge is 0.478 e. The van der Waals surface area contributed by atoms with Gasteiger partial charge in [0.2, 0.25) is 5.91 Å². The molecule has 3 amide bonds. The van der Waals surface area contributed by atoms with Gasteiger partial charge in [-0.05, 0) is 66.2 Å². The first-order valence-corrected chi connectivity index (χ1v) is 13.6. The summed E-state index contributed by atoms with van der Waals surface area (Å²) in [7, 11) is 0. The average Bonchev–Trinajstić information content (AvgIpc) is 2.97. The molecule has 10 heteroatoms. The molecule has 4 aromatic carbocycles. The van der Waals surface area contributed by atoms with Crippen molar-refractivity contribution in [2.75, 3.05) is 16.4 Å². The Hall–Kier alpha value is -4.86. The normalized spacial score (nSPS) is 10.9. The van der Waals surface area contributed by atoms with Gasteiger partial charge in [0.05, 0.1) is 11.3 Å². The molecule has 0 atom stereocenters. The van der Waals surface area contributed by atoms with Gasteiger partial charge >= 0.3 is 5.97 Å². The Bertz CT molecular complexity index is 1630. The Labute approximate surface area is 245 Å². The van der Waals surface area contributed by atoms with Crippen LogP contribution in [0.15, 0.2) is 114 Å². The molecular weight excluding hydrogens is 562 g/mol. The molecule has 0 aliphatic carbocycles. The van der Waals surface area contributed by atoms with Gasteiger partial charge in [0.1, 0.15) is 5.70 Å². The van der Waals surface area contributed by atoms with Crippen molar-refractivity contribution in [2.45, 2.75) is 4.90 Å². The van der Waals surface area contributed by atoms with Crippen LogP contribution in [0, 0.1) is 0 Å². The van der Waals surface area contributed by atoms with E-state index in [1.54, 1.807) is 91.0 Å². The lowest BCUT2D eigenvalue weighted by Crippen LogP contribution is -2.30. The van der Waals surface area contributed by atoms with Gasteiger partial charge in [-0.1, -0.05) is 60.1 Å². The fourth-order valence-electron chi connectivity index (χ4n) is 3.63. The molecule has 8 nitrogen and oxygen atoms in total. The Morgan fingerprint density at radius 1 is 0.756 bits per heavy atom. The number of thioether (sulfide) groups is 1. The molecule has 4 rings (SSSR count). The molecule has 0 saturated heterocycles. The van der Waals surface area contributed by atoms with Gasteiger partial charge in [0.15, 0.2) is 0 Å². The summed E-state index contributed by atoms with van der Waals surface area (Å²) >= 11 is 7.53. The van der Waals surface area contributed by atoms with E-state index < -0.39 is 17.8 Å². The number of amides is 3. The van der Waals surface area contributed by atoms with Crippen molar-refractivity contribution in [3.05, 3.63) is 131 Å². The number of anilines is 2. The summed E-state index contributed by atoms with van der Waals surface area (Å²) in [6.45, 7) is 0. The number of carboxylic acids is 1. The van der Waals surface area contributed by atoms with E-state index in [9.17, 15) is 19.2 Å². The molecule has 0 aliphatic heterocycles. The summed E-state index contributed by atoms with van der Waals surface area (Å²) in [5, 5.41) is 17.7. The summed E-state index contributed by atoms with van der Waals surface area (Å²) in [4.78, 5) is 50.4. The third-order valence-corrected chi connectivity index (χ3v) is 6.93. The maximum atomic E-state index is 13.3. The number of carbonyl (C=O) groups is 4. The van der Waals surface area contributed by atoms with Gasteiger partial charge in [-0.25, -0.2) is 4.79 Å². The fourth-order valence-corrected chi connectivity index (χ4v) is 4.57. The highest BCUT2D eigenvalue weighted by atomic mass is 35.5. The number of aromatic carboxylic acids is 1. The monoisotopic (exact) mass is 585 g/mol. The SMILES string of the molecule is O=C(CSc1cccc(NC(=O)/C(=C\c2ccccc2Cl)NC(=O)c2ccccc2)c1)Nc1cccc(C(=O)O)c1. The third-order valence-electron chi connectivity index (χ3n) is 5.59. The van der Waals surface area contributed by atoms with Crippen LogP contribution in [-0.2, 0) is 9.59 Å². The maximum Gasteiger partial charge on any atom is 0.335 e. The van der Waals surface area contributed by atoms with E-state index in [1.807, 2.05) is 0 Å². The van der Waals surface area contributed by atoms with E-state index in [-0.39, 0.29) is 22.9 Å². The van der Waals surface area contributed by atoms with E-state index in [1.165, 1.54) is 30.0 Å². The van der Waals surface area contributed by atoms with Crippen molar-refractivity contribution in [3.8, 4) is 0 Å². The van der Waals surface area contributed by atoms with Crippen molar-refractivity contribution < 1.29 is 24.3 Å². The van der Waals surface area contributed by atoms with E-state index in [0.29, 0.717) is 32.4 Å². The molecule has 206 valence electrons. The van der Waals surface area contributed by atoms with Crippen LogP contribution in [0.5, 0.6) is 0 Å². The summed E-state index contributed by atoms with van der Waals surface area (Å²) in [6.07, 6.45) is 1.50. The Balaban J connectivity index is 1.44.